The average Bonchev–Trinajstić information content (AvgIpc) is 4.00. The molecule has 1 unspecified atom stereocenters. The van der Waals surface area contributed by atoms with Gasteiger partial charge in [-0.05, 0) is 149 Å². The number of nitrogens with zero attached hydrogens (tertiary/aromatic N) is 8. The molecule has 1 spiro atoms. The van der Waals surface area contributed by atoms with Crippen molar-refractivity contribution in [2.75, 3.05) is 72.8 Å². The van der Waals surface area contributed by atoms with Gasteiger partial charge in [0.15, 0.2) is 17.4 Å². The van der Waals surface area contributed by atoms with E-state index in [1.54, 1.807) is 29.3 Å². The lowest BCUT2D eigenvalue weighted by atomic mass is 9.67. The van der Waals surface area contributed by atoms with E-state index in [1.807, 2.05) is 12.1 Å². The van der Waals surface area contributed by atoms with Gasteiger partial charge in [-0.25, -0.2) is 18.6 Å². The maximum absolute atomic E-state index is 15.7. The lowest BCUT2D eigenvalue weighted by molar-refractivity contribution is -0.120. The SMILES string of the molecule is CCc1cn(C2CCC3(CC2)CCN(CC2CCN(c4cc(CN(CC5CCCN5)c5cc(-c6cccc(F)c6O)nnc5N)ccc4F)CC2)CC3)c2ncc(N3CCC(=O)NC3=O)cc12. The van der Waals surface area contributed by atoms with Crippen LogP contribution in [0.4, 0.5) is 36.5 Å². The number of benzene rings is 2. The summed E-state index contributed by atoms with van der Waals surface area (Å²) in [5.41, 5.74) is 12.6. The Balaban J connectivity index is 0.735. The number of imide groups is 1. The fourth-order valence-electron chi connectivity index (χ4n) is 11.7. The molecule has 4 aliphatic heterocycles. The van der Waals surface area contributed by atoms with Crippen LogP contribution in [0.5, 0.6) is 5.75 Å². The summed E-state index contributed by atoms with van der Waals surface area (Å²) in [5, 5.41) is 26.0. The number of anilines is 4. The third kappa shape index (κ3) is 9.39. The topological polar surface area (TPSA) is 161 Å². The van der Waals surface area contributed by atoms with Gasteiger partial charge in [-0.3, -0.25) is 15.0 Å². The number of aryl methyl sites for hydroxylation is 1. The Morgan fingerprint density at radius 2 is 1.73 bits per heavy atom. The molecule has 14 nitrogen and oxygen atoms in total. The molecule has 1 aliphatic carbocycles. The lowest BCUT2D eigenvalue weighted by Gasteiger charge is -2.47. The minimum Gasteiger partial charge on any atom is -0.504 e. The predicted molar refractivity (Wildman–Crippen MR) is 257 cm³/mol. The smallest absolute Gasteiger partial charge is 0.328 e. The zero-order valence-electron chi connectivity index (χ0n) is 38.5. The second-order valence-corrected chi connectivity index (χ2v) is 19.8. The normalized spacial score (nSPS) is 20.9. The van der Waals surface area contributed by atoms with Gasteiger partial charge in [0.25, 0.3) is 0 Å². The highest BCUT2D eigenvalue weighted by molar-refractivity contribution is 6.06. The predicted octanol–water partition coefficient (Wildman–Crippen LogP) is 7.94. The molecule has 4 saturated heterocycles. The minimum atomic E-state index is -0.736. The van der Waals surface area contributed by atoms with Gasteiger partial charge in [0.05, 0.1) is 29.0 Å². The van der Waals surface area contributed by atoms with Gasteiger partial charge in [-0.2, -0.15) is 0 Å². The van der Waals surface area contributed by atoms with Gasteiger partial charge in [0.2, 0.25) is 5.91 Å². The van der Waals surface area contributed by atoms with E-state index in [1.165, 1.54) is 43.4 Å². The molecule has 16 heteroatoms. The van der Waals surface area contributed by atoms with E-state index in [0.717, 1.165) is 106 Å². The Hall–Kier alpha value is -5.87. The summed E-state index contributed by atoms with van der Waals surface area (Å²) in [6.07, 6.45) is 16.5. The number of phenolic OH excluding ortho intramolecular Hbond substituents is 1. The average molecular weight is 916 g/mol. The van der Waals surface area contributed by atoms with Gasteiger partial charge >= 0.3 is 6.03 Å². The van der Waals surface area contributed by atoms with Crippen LogP contribution in [0, 0.1) is 23.0 Å². The number of amides is 3. The Morgan fingerprint density at radius 3 is 2.48 bits per heavy atom. The number of phenols is 1. The van der Waals surface area contributed by atoms with Crippen molar-refractivity contribution in [3.05, 3.63) is 83.7 Å². The number of halogens is 2. The standard InChI is InChI=1S/C51H63F2N11O3/c1-2-35-31-64(49-40(35)26-38(28-56-49)63-22-14-46(65)57-50(63)67)37-10-15-51(16-11-37)17-23-60(24-18-51)29-33-12-20-61(21-13-33)44-25-34(8-9-41(44)52)30-62(32-36-5-4-19-55-36)45-27-43(58-59-48(45)54)39-6-3-7-42(53)47(39)66/h3,6-9,25-28,31,33,36-37,55,66H,2,4-5,10-24,29-30,32H2,1H3,(H2,54,59)(H,57,65,67). The molecule has 1 atom stereocenters. The first kappa shape index (κ1) is 44.9. The van der Waals surface area contributed by atoms with Crippen LogP contribution in [0.2, 0.25) is 0 Å². The number of urea groups is 1. The molecule has 10 rings (SSSR count). The zero-order chi connectivity index (χ0) is 46.2. The Kier molecular flexibility index (Phi) is 12.8. The molecule has 1 saturated carbocycles. The number of aromatic hydroxyl groups is 1. The van der Waals surface area contributed by atoms with E-state index in [2.05, 4.69) is 59.3 Å². The highest BCUT2D eigenvalue weighted by Gasteiger charge is 2.39. The molecule has 5 fully saturated rings. The molecule has 5 aromatic rings. The van der Waals surface area contributed by atoms with Crippen LogP contribution in [-0.2, 0) is 17.8 Å². The lowest BCUT2D eigenvalue weighted by Crippen LogP contribution is -2.49. The number of aromatic nitrogens is 4. The maximum Gasteiger partial charge on any atom is 0.328 e. The number of hydrogen-bond donors (Lipinski definition) is 4. The monoisotopic (exact) mass is 916 g/mol. The highest BCUT2D eigenvalue weighted by atomic mass is 19.1. The number of likely N-dealkylation sites (tertiary alicyclic amines) is 1. The molecular weight excluding hydrogens is 853 g/mol. The molecule has 0 radical (unpaired) electrons. The van der Waals surface area contributed by atoms with Crippen molar-refractivity contribution < 1.29 is 23.5 Å². The second kappa shape index (κ2) is 19.0. The van der Waals surface area contributed by atoms with Crippen molar-refractivity contribution in [1.82, 2.24) is 35.3 Å². The van der Waals surface area contributed by atoms with Gasteiger partial charge in [-0.15, -0.1) is 10.2 Å². The van der Waals surface area contributed by atoms with Crippen LogP contribution in [0.25, 0.3) is 22.3 Å². The van der Waals surface area contributed by atoms with Crippen LogP contribution >= 0.6 is 0 Å². The molecule has 3 aromatic heterocycles. The van der Waals surface area contributed by atoms with Gasteiger partial charge in [-0.1, -0.05) is 19.1 Å². The minimum absolute atomic E-state index is 0.222. The molecule has 2 aromatic carbocycles. The molecule has 0 bridgehead atoms. The first-order valence-electron chi connectivity index (χ1n) is 24.5. The summed E-state index contributed by atoms with van der Waals surface area (Å²) < 4.78 is 32.4. The molecule has 354 valence electrons. The van der Waals surface area contributed by atoms with E-state index in [4.69, 9.17) is 10.7 Å². The summed E-state index contributed by atoms with van der Waals surface area (Å²) in [4.78, 5) is 37.8. The summed E-state index contributed by atoms with van der Waals surface area (Å²) in [6.45, 7) is 9.52. The number of carbonyl (C=O) groups is 2. The van der Waals surface area contributed by atoms with Crippen molar-refractivity contribution in [2.45, 2.75) is 103 Å². The zero-order valence-corrected chi connectivity index (χ0v) is 38.5. The maximum atomic E-state index is 15.7. The van der Waals surface area contributed by atoms with E-state index >= 15 is 4.39 Å². The van der Waals surface area contributed by atoms with E-state index in [-0.39, 0.29) is 41.6 Å². The number of fused-ring (bicyclic) bond motifs is 1. The third-order valence-electron chi connectivity index (χ3n) is 15.7. The van der Waals surface area contributed by atoms with Crippen LogP contribution in [0.3, 0.4) is 0 Å². The van der Waals surface area contributed by atoms with Gasteiger partial charge < -0.3 is 35.4 Å². The number of carbonyl (C=O) groups excluding carboxylic acids is 2. The molecule has 3 amide bonds. The van der Waals surface area contributed by atoms with Crippen molar-refractivity contribution in [2.24, 2.45) is 11.3 Å². The largest absolute Gasteiger partial charge is 0.504 e. The Morgan fingerprint density at radius 1 is 0.925 bits per heavy atom. The second-order valence-electron chi connectivity index (χ2n) is 19.8. The number of pyridine rings is 1. The number of piperidine rings is 2. The quantitative estimate of drug-likeness (QED) is 0.0962. The molecule has 5 N–H and O–H groups in total. The number of rotatable bonds is 12. The van der Waals surface area contributed by atoms with Crippen LogP contribution in [0.15, 0.2) is 60.9 Å². The number of hydrogen-bond acceptors (Lipinski definition) is 11. The van der Waals surface area contributed by atoms with Crippen LogP contribution < -0.4 is 31.1 Å². The van der Waals surface area contributed by atoms with Gasteiger partial charge in [0, 0.05) is 74.9 Å². The number of nitrogens with one attached hydrogen (secondary N) is 2. The van der Waals surface area contributed by atoms with Crippen LogP contribution in [0.1, 0.15) is 94.7 Å². The van der Waals surface area contributed by atoms with Crippen molar-refractivity contribution >= 4 is 45.9 Å². The Bertz CT molecular complexity index is 2610. The van der Waals surface area contributed by atoms with Crippen molar-refractivity contribution in [3.8, 4) is 17.0 Å². The first-order chi connectivity index (χ1) is 32.5. The Labute approximate surface area is 390 Å². The number of nitrogen functional groups attached to an aromatic ring is 1. The van der Waals surface area contributed by atoms with Crippen LogP contribution in [-0.4, -0.2) is 100 Å². The van der Waals surface area contributed by atoms with Crippen molar-refractivity contribution in [1.29, 1.82) is 0 Å². The molecular formula is C51H63F2N11O3. The summed E-state index contributed by atoms with van der Waals surface area (Å²) in [7, 11) is 0. The summed E-state index contributed by atoms with van der Waals surface area (Å²) in [5.74, 6) is -0.880. The van der Waals surface area contributed by atoms with Gasteiger partial charge in [0.1, 0.15) is 11.5 Å². The highest BCUT2D eigenvalue weighted by Crippen LogP contribution is 2.49. The van der Waals surface area contributed by atoms with Crippen molar-refractivity contribution in [3.63, 3.8) is 0 Å². The summed E-state index contributed by atoms with van der Waals surface area (Å²) >= 11 is 0. The van der Waals surface area contributed by atoms with E-state index in [0.29, 0.717) is 54.1 Å². The number of para-hydroxylation sites is 1. The molecule has 7 heterocycles. The van der Waals surface area contributed by atoms with E-state index < -0.39 is 11.6 Å². The third-order valence-corrected chi connectivity index (χ3v) is 15.7. The number of nitrogens with two attached hydrogens (primary N) is 1. The first-order valence-corrected chi connectivity index (χ1v) is 24.5. The fourth-order valence-corrected chi connectivity index (χ4v) is 11.7. The van der Waals surface area contributed by atoms with E-state index in [9.17, 15) is 19.1 Å². The molecule has 67 heavy (non-hydrogen) atoms. The summed E-state index contributed by atoms with van der Waals surface area (Å²) in [6, 6.07) is 13.8. The fraction of sp³-hybridized carbons (Fsp3) is 0.510. The molecule has 5 aliphatic rings.